The molecule has 53 heavy (non-hydrogen) atoms. The summed E-state index contributed by atoms with van der Waals surface area (Å²) in [4.78, 5) is 25.5. The molecule has 0 spiro atoms. The van der Waals surface area contributed by atoms with Gasteiger partial charge in [0.15, 0.2) is 35.4 Å². The van der Waals surface area contributed by atoms with E-state index >= 15 is 0 Å². The third-order valence-electron chi connectivity index (χ3n) is 8.23. The van der Waals surface area contributed by atoms with Crippen LogP contribution in [0.2, 0.25) is 0 Å². The molecule has 0 bridgehead atoms. The third-order valence-corrected chi connectivity index (χ3v) is 8.23. The summed E-state index contributed by atoms with van der Waals surface area (Å²) >= 11 is 0. The highest BCUT2D eigenvalue weighted by molar-refractivity contribution is 5.88. The number of hydrogen-bond acceptors (Lipinski definition) is 19. The minimum atomic E-state index is -1.91. The van der Waals surface area contributed by atoms with Gasteiger partial charge >= 0.3 is 11.9 Å². The number of aromatic hydroxyl groups is 2. The Labute approximate surface area is 302 Å². The number of methoxy groups -OCH3 is 4. The van der Waals surface area contributed by atoms with Gasteiger partial charge in [0.25, 0.3) is 0 Å². The number of aliphatic hydroxyl groups excluding tert-OH is 6. The van der Waals surface area contributed by atoms with Gasteiger partial charge in [-0.15, -0.1) is 0 Å². The van der Waals surface area contributed by atoms with E-state index in [4.69, 9.17) is 42.6 Å². The number of benzene rings is 2. The van der Waals surface area contributed by atoms with Crippen molar-refractivity contribution in [3.63, 3.8) is 0 Å². The summed E-state index contributed by atoms with van der Waals surface area (Å²) in [7, 11) is 5.26. The lowest BCUT2D eigenvalue weighted by molar-refractivity contribution is -0.327. The average Bonchev–Trinajstić information content (AvgIpc) is 3.15. The van der Waals surface area contributed by atoms with Crippen molar-refractivity contribution in [1.82, 2.24) is 0 Å². The van der Waals surface area contributed by atoms with E-state index in [-0.39, 0.29) is 34.5 Å². The molecule has 0 aromatic heterocycles. The molecule has 19 heteroatoms. The summed E-state index contributed by atoms with van der Waals surface area (Å²) in [6.07, 6.45) is -12.9. The van der Waals surface area contributed by atoms with Crippen LogP contribution in [0.1, 0.15) is 11.1 Å². The molecule has 2 aromatic rings. The number of aliphatic hydroxyl groups is 6. The molecule has 0 aliphatic carbocycles. The van der Waals surface area contributed by atoms with Gasteiger partial charge in [-0.05, 0) is 47.5 Å². The van der Waals surface area contributed by atoms with Gasteiger partial charge < -0.3 is 83.5 Å². The number of esters is 2. The van der Waals surface area contributed by atoms with Crippen molar-refractivity contribution < 1.29 is 93.1 Å². The maximum Gasteiger partial charge on any atom is 0.333 e. The second kappa shape index (κ2) is 18.4. The van der Waals surface area contributed by atoms with Gasteiger partial charge in [0.1, 0.15) is 42.7 Å². The number of phenols is 2. The Morgan fingerprint density at radius 1 is 0.623 bits per heavy atom. The van der Waals surface area contributed by atoms with Crippen LogP contribution in [0, 0.1) is 0 Å². The van der Waals surface area contributed by atoms with E-state index in [1.165, 1.54) is 64.9 Å². The summed E-state index contributed by atoms with van der Waals surface area (Å²) in [5, 5.41) is 82.8. The van der Waals surface area contributed by atoms with Crippen LogP contribution in [0.4, 0.5) is 0 Å². The SMILES string of the molecule is COc1cc(C=CC(=O)O[C@@H]2O[C@H](CO[C@@H]3O[C@H](CO)[C@@H](O)[C@H](O)[C@H]3OC(=O)C=Cc3cc(OC)c(O)c(OC)c3)[C@@H](O)[C@H](O)[C@@H]2O)cc(OC)c1O. The van der Waals surface area contributed by atoms with Crippen molar-refractivity contribution in [2.24, 2.45) is 0 Å². The number of carbonyl (C=O) groups excluding carboxylic acids is 2. The Hall–Kier alpha value is -4.70. The molecule has 2 fully saturated rings. The standard InChI is InChI=1S/C34H42O19/c1-45-17-9-15(10-18(46-2)25(17)38)5-7-23(36)52-32-30(43)27(40)21(13-35)50-34(32)49-14-22-28(41)29(42)31(44)33(51-22)53-24(37)8-6-16-11-19(47-3)26(39)20(12-16)48-4/h5-12,21-22,27-35,38-44H,13-14H2,1-4H3/t21-,22-,27-,28-,29+,30+,31+,32-,33+,34-/m1/s1. The van der Waals surface area contributed by atoms with Crippen LogP contribution in [-0.4, -0.2) is 156 Å². The molecule has 10 atom stereocenters. The topological polar surface area (TPSA) is 279 Å². The van der Waals surface area contributed by atoms with Gasteiger partial charge in [-0.1, -0.05) is 0 Å². The lowest BCUT2D eigenvalue weighted by Gasteiger charge is -2.43. The minimum Gasteiger partial charge on any atom is -0.502 e. The van der Waals surface area contributed by atoms with Crippen LogP contribution in [0.15, 0.2) is 36.4 Å². The Morgan fingerprint density at radius 3 is 1.51 bits per heavy atom. The molecule has 0 saturated carbocycles. The lowest BCUT2D eigenvalue weighted by Crippen LogP contribution is -2.62. The maximum atomic E-state index is 12.8. The Morgan fingerprint density at radius 2 is 1.06 bits per heavy atom. The van der Waals surface area contributed by atoms with Crippen LogP contribution < -0.4 is 18.9 Å². The fourth-order valence-corrected chi connectivity index (χ4v) is 5.33. The number of hydrogen-bond donors (Lipinski definition) is 8. The van der Waals surface area contributed by atoms with E-state index in [1.807, 2.05) is 0 Å². The first-order valence-electron chi connectivity index (χ1n) is 15.9. The van der Waals surface area contributed by atoms with Crippen LogP contribution in [0.25, 0.3) is 12.2 Å². The van der Waals surface area contributed by atoms with E-state index in [9.17, 15) is 50.4 Å². The molecule has 292 valence electrons. The molecule has 2 aromatic carbocycles. The molecule has 19 nitrogen and oxygen atoms in total. The van der Waals surface area contributed by atoms with Crippen molar-refractivity contribution in [3.8, 4) is 34.5 Å². The van der Waals surface area contributed by atoms with Gasteiger partial charge in [-0.25, -0.2) is 9.59 Å². The monoisotopic (exact) mass is 754 g/mol. The first-order chi connectivity index (χ1) is 25.3. The third kappa shape index (κ3) is 9.65. The van der Waals surface area contributed by atoms with Crippen LogP contribution in [-0.2, 0) is 33.3 Å². The molecule has 2 saturated heterocycles. The molecular formula is C34H42O19. The van der Waals surface area contributed by atoms with E-state index in [1.54, 1.807) is 0 Å². The smallest absolute Gasteiger partial charge is 0.333 e. The molecule has 0 unspecified atom stereocenters. The van der Waals surface area contributed by atoms with Crippen molar-refractivity contribution in [2.45, 2.75) is 61.4 Å². The summed E-state index contributed by atoms with van der Waals surface area (Å²) in [6, 6.07) is 5.59. The largest absolute Gasteiger partial charge is 0.502 e. The Bertz CT molecular complexity index is 1580. The summed E-state index contributed by atoms with van der Waals surface area (Å²) in [5.41, 5.74) is 0.700. The number of rotatable bonds is 14. The van der Waals surface area contributed by atoms with Crippen molar-refractivity contribution in [1.29, 1.82) is 0 Å². The zero-order valence-corrected chi connectivity index (χ0v) is 28.9. The summed E-state index contributed by atoms with van der Waals surface area (Å²) in [6.45, 7) is -1.48. The second-order valence-electron chi connectivity index (χ2n) is 11.6. The number of phenolic OH excluding ortho intramolecular Hbond substituents is 2. The van der Waals surface area contributed by atoms with Crippen LogP contribution in [0.5, 0.6) is 34.5 Å². The second-order valence-corrected chi connectivity index (χ2v) is 11.6. The maximum absolute atomic E-state index is 12.8. The zero-order chi connectivity index (χ0) is 39.0. The molecule has 2 heterocycles. The van der Waals surface area contributed by atoms with Gasteiger partial charge in [-0.3, -0.25) is 0 Å². The predicted molar refractivity (Wildman–Crippen MR) is 177 cm³/mol. The fourth-order valence-electron chi connectivity index (χ4n) is 5.33. The summed E-state index contributed by atoms with van der Waals surface area (Å²) < 4.78 is 47.5. The van der Waals surface area contributed by atoms with Gasteiger partial charge in [0.2, 0.25) is 17.8 Å². The quantitative estimate of drug-likeness (QED) is 0.0811. The molecule has 2 aliphatic heterocycles. The normalized spacial score (nSPS) is 28.8. The molecular weight excluding hydrogens is 712 g/mol. The first kappa shape index (κ1) is 41.1. The van der Waals surface area contributed by atoms with E-state index < -0.39 is 86.6 Å². The molecule has 0 amide bonds. The molecule has 0 radical (unpaired) electrons. The van der Waals surface area contributed by atoms with Crippen LogP contribution >= 0.6 is 0 Å². The predicted octanol–water partition coefficient (Wildman–Crippen LogP) is -1.42. The zero-order valence-electron chi connectivity index (χ0n) is 28.9. The minimum absolute atomic E-state index is 0.0505. The lowest BCUT2D eigenvalue weighted by atomic mass is 9.98. The van der Waals surface area contributed by atoms with E-state index in [0.29, 0.717) is 11.1 Å². The highest BCUT2D eigenvalue weighted by Gasteiger charge is 2.49. The van der Waals surface area contributed by atoms with Crippen molar-refractivity contribution in [3.05, 3.63) is 47.5 Å². The van der Waals surface area contributed by atoms with E-state index in [0.717, 1.165) is 12.2 Å². The molecule has 8 N–H and O–H groups in total. The van der Waals surface area contributed by atoms with Gasteiger partial charge in [0.05, 0.1) is 41.7 Å². The summed E-state index contributed by atoms with van der Waals surface area (Å²) in [5.74, 6) is -2.42. The number of ether oxygens (including phenoxy) is 9. The molecule has 2 aliphatic rings. The Kier molecular flexibility index (Phi) is 14.2. The first-order valence-corrected chi connectivity index (χ1v) is 15.9. The van der Waals surface area contributed by atoms with E-state index in [2.05, 4.69) is 0 Å². The fraction of sp³-hybridized carbons (Fsp3) is 0.471. The number of carbonyl (C=O) groups is 2. The molecule has 4 rings (SSSR count). The average molecular weight is 755 g/mol. The highest BCUT2D eigenvalue weighted by atomic mass is 16.7. The van der Waals surface area contributed by atoms with Gasteiger partial charge in [-0.2, -0.15) is 0 Å². The van der Waals surface area contributed by atoms with Crippen LogP contribution in [0.3, 0.4) is 0 Å². The highest BCUT2D eigenvalue weighted by Crippen LogP contribution is 2.38. The van der Waals surface area contributed by atoms with Crippen molar-refractivity contribution >= 4 is 24.1 Å². The Balaban J connectivity index is 1.45. The van der Waals surface area contributed by atoms with Gasteiger partial charge in [0, 0.05) is 12.2 Å². The van der Waals surface area contributed by atoms with Crippen molar-refractivity contribution in [2.75, 3.05) is 41.7 Å².